The molecule has 106 valence electrons. The Labute approximate surface area is 111 Å². The number of piperidine rings is 1. The van der Waals surface area contributed by atoms with Gasteiger partial charge >= 0.3 is 0 Å². The molecule has 1 aliphatic rings. The highest BCUT2D eigenvalue weighted by Crippen LogP contribution is 2.17. The van der Waals surface area contributed by atoms with Crippen LogP contribution >= 0.6 is 0 Å². The molecule has 0 aromatic heterocycles. The van der Waals surface area contributed by atoms with Crippen LogP contribution in [-0.4, -0.2) is 49.6 Å². The Kier molecular flexibility index (Phi) is 7.28. The van der Waals surface area contributed by atoms with Crippen molar-refractivity contribution in [2.75, 3.05) is 26.7 Å². The maximum absolute atomic E-state index is 11.2. The Hall–Kier alpha value is -0.610. The predicted molar refractivity (Wildman–Crippen MR) is 75.7 cm³/mol. The molecule has 0 aromatic carbocycles. The Bertz CT molecular complexity index is 243. The third kappa shape index (κ3) is 5.83. The lowest BCUT2D eigenvalue weighted by molar-refractivity contribution is -0.120. The summed E-state index contributed by atoms with van der Waals surface area (Å²) in [5.41, 5.74) is 0. The van der Waals surface area contributed by atoms with E-state index in [9.17, 15) is 4.79 Å². The van der Waals surface area contributed by atoms with E-state index in [0.29, 0.717) is 18.5 Å². The molecule has 1 fully saturated rings. The third-order valence-corrected chi connectivity index (χ3v) is 3.64. The smallest absolute Gasteiger partial charge is 0.219 e. The first kappa shape index (κ1) is 15.4. The Balaban J connectivity index is 2.28. The van der Waals surface area contributed by atoms with Crippen LogP contribution in [0, 0.1) is 0 Å². The maximum Gasteiger partial charge on any atom is 0.219 e. The summed E-state index contributed by atoms with van der Waals surface area (Å²) in [6.45, 7) is 7.71. The van der Waals surface area contributed by atoms with E-state index in [2.05, 4.69) is 29.4 Å². The van der Waals surface area contributed by atoms with E-state index in [1.807, 2.05) is 0 Å². The van der Waals surface area contributed by atoms with Gasteiger partial charge in [-0.25, -0.2) is 0 Å². The number of hydrogen-bond acceptors (Lipinski definition) is 3. The van der Waals surface area contributed by atoms with Crippen molar-refractivity contribution >= 4 is 5.91 Å². The number of hydrogen-bond donors (Lipinski definition) is 2. The summed E-state index contributed by atoms with van der Waals surface area (Å²) in [5.74, 6) is 0.156. The highest BCUT2D eigenvalue weighted by Gasteiger charge is 2.21. The summed E-state index contributed by atoms with van der Waals surface area (Å²) >= 11 is 0. The Morgan fingerprint density at radius 2 is 2.17 bits per heavy atom. The minimum absolute atomic E-state index is 0.156. The van der Waals surface area contributed by atoms with Crippen LogP contribution in [0.1, 0.15) is 46.0 Å². The van der Waals surface area contributed by atoms with Gasteiger partial charge in [-0.15, -0.1) is 0 Å². The van der Waals surface area contributed by atoms with Gasteiger partial charge in [0.25, 0.3) is 0 Å². The van der Waals surface area contributed by atoms with E-state index in [4.69, 9.17) is 0 Å². The summed E-state index contributed by atoms with van der Waals surface area (Å²) in [6.07, 6.45) is 5.56. The molecule has 4 heteroatoms. The second kappa shape index (κ2) is 8.48. The topological polar surface area (TPSA) is 44.4 Å². The molecule has 0 bridgehead atoms. The van der Waals surface area contributed by atoms with Crippen LogP contribution < -0.4 is 10.6 Å². The van der Waals surface area contributed by atoms with Gasteiger partial charge in [-0.2, -0.15) is 0 Å². The molecule has 1 heterocycles. The van der Waals surface area contributed by atoms with E-state index in [1.165, 1.54) is 25.8 Å². The lowest BCUT2D eigenvalue weighted by Crippen LogP contribution is -2.47. The molecule has 0 radical (unpaired) electrons. The quantitative estimate of drug-likeness (QED) is 0.722. The van der Waals surface area contributed by atoms with Crippen molar-refractivity contribution in [2.45, 2.75) is 58.0 Å². The molecule has 18 heavy (non-hydrogen) atoms. The highest BCUT2D eigenvalue weighted by atomic mass is 16.1. The standard InChI is InChI=1S/C14H29N3O/c1-12(2)16-11-13-7-4-5-9-17(13)10-6-8-14(18)15-3/h12-13,16H,4-11H2,1-3H3,(H,15,18). The van der Waals surface area contributed by atoms with Gasteiger partial charge in [0, 0.05) is 32.1 Å². The zero-order valence-electron chi connectivity index (χ0n) is 12.2. The SMILES string of the molecule is CNC(=O)CCCN1CCCCC1CNC(C)C. The van der Waals surface area contributed by atoms with Crippen LogP contribution in [0.3, 0.4) is 0 Å². The van der Waals surface area contributed by atoms with Crippen LogP contribution in [0.15, 0.2) is 0 Å². The highest BCUT2D eigenvalue weighted by molar-refractivity contribution is 5.75. The summed E-state index contributed by atoms with van der Waals surface area (Å²) in [7, 11) is 1.71. The zero-order valence-corrected chi connectivity index (χ0v) is 12.2. The second-order valence-electron chi connectivity index (χ2n) is 5.53. The van der Waals surface area contributed by atoms with Crippen molar-refractivity contribution in [3.8, 4) is 0 Å². The molecule has 1 saturated heterocycles. The maximum atomic E-state index is 11.2. The summed E-state index contributed by atoms with van der Waals surface area (Å²) in [4.78, 5) is 13.8. The van der Waals surface area contributed by atoms with Crippen molar-refractivity contribution in [1.82, 2.24) is 15.5 Å². The largest absolute Gasteiger partial charge is 0.359 e. The summed E-state index contributed by atoms with van der Waals surface area (Å²) in [6, 6.07) is 1.21. The fraction of sp³-hybridized carbons (Fsp3) is 0.929. The van der Waals surface area contributed by atoms with Crippen LogP contribution in [0.25, 0.3) is 0 Å². The molecule has 0 spiro atoms. The van der Waals surface area contributed by atoms with Gasteiger partial charge in [-0.3, -0.25) is 9.69 Å². The van der Waals surface area contributed by atoms with Gasteiger partial charge in [0.2, 0.25) is 5.91 Å². The van der Waals surface area contributed by atoms with Crippen molar-refractivity contribution < 1.29 is 4.79 Å². The van der Waals surface area contributed by atoms with Crippen molar-refractivity contribution in [2.24, 2.45) is 0 Å². The third-order valence-electron chi connectivity index (χ3n) is 3.64. The van der Waals surface area contributed by atoms with E-state index >= 15 is 0 Å². The molecule has 1 unspecified atom stereocenters. The van der Waals surface area contributed by atoms with Gasteiger partial charge < -0.3 is 10.6 Å². The number of amides is 1. The number of nitrogens with zero attached hydrogens (tertiary/aromatic N) is 1. The van der Waals surface area contributed by atoms with Crippen molar-refractivity contribution in [3.63, 3.8) is 0 Å². The molecule has 1 aliphatic heterocycles. The molecule has 0 aromatic rings. The van der Waals surface area contributed by atoms with Crippen molar-refractivity contribution in [3.05, 3.63) is 0 Å². The summed E-state index contributed by atoms with van der Waals surface area (Å²) < 4.78 is 0. The Morgan fingerprint density at radius 1 is 1.39 bits per heavy atom. The first-order valence-corrected chi connectivity index (χ1v) is 7.31. The van der Waals surface area contributed by atoms with Gasteiger partial charge in [0.15, 0.2) is 0 Å². The summed E-state index contributed by atoms with van der Waals surface area (Å²) in [5, 5.41) is 6.22. The minimum Gasteiger partial charge on any atom is -0.359 e. The Morgan fingerprint density at radius 3 is 2.83 bits per heavy atom. The number of carbonyl (C=O) groups excluding carboxylic acids is 1. The number of rotatable bonds is 7. The second-order valence-corrected chi connectivity index (χ2v) is 5.53. The van der Waals surface area contributed by atoms with Gasteiger partial charge in [0.05, 0.1) is 0 Å². The first-order valence-electron chi connectivity index (χ1n) is 7.31. The molecular weight excluding hydrogens is 226 g/mol. The van der Waals surface area contributed by atoms with Gasteiger partial charge in [0.1, 0.15) is 0 Å². The average Bonchev–Trinajstić information content (AvgIpc) is 2.37. The predicted octanol–water partition coefficient (Wildman–Crippen LogP) is 1.37. The number of likely N-dealkylation sites (tertiary alicyclic amines) is 1. The minimum atomic E-state index is 0.156. The fourth-order valence-corrected chi connectivity index (χ4v) is 2.52. The van der Waals surface area contributed by atoms with Gasteiger partial charge in [-0.05, 0) is 32.4 Å². The molecule has 2 N–H and O–H groups in total. The molecular formula is C14H29N3O. The zero-order chi connectivity index (χ0) is 13.4. The van der Waals surface area contributed by atoms with Crippen LogP contribution in [0.4, 0.5) is 0 Å². The lowest BCUT2D eigenvalue weighted by Gasteiger charge is -2.36. The monoisotopic (exact) mass is 255 g/mol. The van der Waals surface area contributed by atoms with Gasteiger partial charge in [-0.1, -0.05) is 20.3 Å². The molecule has 0 saturated carbocycles. The normalized spacial score (nSPS) is 21.2. The van der Waals surface area contributed by atoms with E-state index in [1.54, 1.807) is 7.05 Å². The number of carbonyl (C=O) groups is 1. The van der Waals surface area contributed by atoms with E-state index in [0.717, 1.165) is 19.5 Å². The molecule has 4 nitrogen and oxygen atoms in total. The van der Waals surface area contributed by atoms with Crippen LogP contribution in [0.2, 0.25) is 0 Å². The molecule has 1 rings (SSSR count). The first-order chi connectivity index (χ1) is 8.63. The number of nitrogens with one attached hydrogen (secondary N) is 2. The van der Waals surface area contributed by atoms with E-state index < -0.39 is 0 Å². The fourth-order valence-electron chi connectivity index (χ4n) is 2.52. The van der Waals surface area contributed by atoms with Crippen LogP contribution in [-0.2, 0) is 4.79 Å². The lowest BCUT2D eigenvalue weighted by atomic mass is 10.0. The molecule has 1 atom stereocenters. The molecule has 1 amide bonds. The molecule has 0 aliphatic carbocycles. The average molecular weight is 255 g/mol. The van der Waals surface area contributed by atoms with Crippen LogP contribution in [0.5, 0.6) is 0 Å². The van der Waals surface area contributed by atoms with Crippen molar-refractivity contribution in [1.29, 1.82) is 0 Å². The van der Waals surface area contributed by atoms with E-state index in [-0.39, 0.29) is 5.91 Å².